The zero-order valence-electron chi connectivity index (χ0n) is 18.2. The van der Waals surface area contributed by atoms with Crippen molar-refractivity contribution in [1.82, 2.24) is 19.9 Å². The van der Waals surface area contributed by atoms with Gasteiger partial charge in [0.2, 0.25) is 5.95 Å². The number of aromatic nitrogens is 4. The van der Waals surface area contributed by atoms with Crippen LogP contribution in [0.3, 0.4) is 0 Å². The number of fused-ring (bicyclic) bond motifs is 1. The Balaban J connectivity index is 1.52. The Hall–Kier alpha value is -2.92. The number of rotatable bonds is 4. The van der Waals surface area contributed by atoms with E-state index in [1.54, 1.807) is 6.07 Å². The normalized spacial score (nSPS) is 23.9. The number of H-pyrrole nitrogens is 1. The highest BCUT2D eigenvalue weighted by atomic mass is 19.4. The van der Waals surface area contributed by atoms with Crippen molar-refractivity contribution < 1.29 is 17.9 Å². The van der Waals surface area contributed by atoms with E-state index in [1.165, 1.54) is 6.20 Å². The van der Waals surface area contributed by atoms with E-state index in [0.29, 0.717) is 36.4 Å². The summed E-state index contributed by atoms with van der Waals surface area (Å²) >= 11 is 0. The Bertz CT molecular complexity index is 1150. The van der Waals surface area contributed by atoms with Crippen LogP contribution in [0, 0.1) is 0 Å². The number of halogens is 3. The fourth-order valence-corrected chi connectivity index (χ4v) is 4.61. The smallest absolute Gasteiger partial charge is 0.377 e. The summed E-state index contributed by atoms with van der Waals surface area (Å²) in [5, 5.41) is 3.71. The van der Waals surface area contributed by atoms with Gasteiger partial charge in [-0.2, -0.15) is 13.2 Å². The van der Waals surface area contributed by atoms with Gasteiger partial charge in [0.1, 0.15) is 17.0 Å². The molecule has 11 heteroatoms. The van der Waals surface area contributed by atoms with Gasteiger partial charge in [-0.25, -0.2) is 15.0 Å². The van der Waals surface area contributed by atoms with E-state index in [1.807, 2.05) is 13.0 Å². The van der Waals surface area contributed by atoms with Crippen LogP contribution in [0.5, 0.6) is 0 Å². The first-order valence-corrected chi connectivity index (χ1v) is 11.1. The number of nitrogens with two attached hydrogens (primary N) is 1. The van der Waals surface area contributed by atoms with Crippen molar-refractivity contribution in [3.05, 3.63) is 30.1 Å². The molecule has 1 saturated carbocycles. The quantitative estimate of drug-likeness (QED) is 0.546. The molecule has 0 unspecified atom stereocenters. The van der Waals surface area contributed by atoms with Crippen LogP contribution in [0.2, 0.25) is 0 Å². The largest absolute Gasteiger partial charge is 0.419 e. The molecule has 4 heterocycles. The maximum atomic E-state index is 13.8. The lowest BCUT2D eigenvalue weighted by Gasteiger charge is -2.34. The fraction of sp³-hybridized carbons (Fsp3) is 0.500. The molecule has 176 valence electrons. The topological polar surface area (TPSA) is 105 Å². The maximum absolute atomic E-state index is 13.8. The standard InChI is InChI=1S/C22H26F3N7O/c1-12-11-33-7-6-32(12)18-5-4-15-16(9-27-20(15)30-18)19-17(22(23,24)25)10-28-21(31-19)29-14-3-2-13(26)8-14/h4-5,9-10,12-14H,2-3,6-8,11,26H2,1H3,(H,27,30)(H,28,29,31)/t12-,13+,14-/m0/s1. The number of aromatic amines is 1. The maximum Gasteiger partial charge on any atom is 0.419 e. The van der Waals surface area contributed by atoms with Gasteiger partial charge in [-0.1, -0.05) is 0 Å². The van der Waals surface area contributed by atoms with Crippen LogP contribution in [0.1, 0.15) is 31.7 Å². The van der Waals surface area contributed by atoms with Crippen LogP contribution in [-0.2, 0) is 10.9 Å². The second-order valence-electron chi connectivity index (χ2n) is 8.75. The molecule has 1 saturated heterocycles. The van der Waals surface area contributed by atoms with Crippen molar-refractivity contribution in [2.45, 2.75) is 50.5 Å². The van der Waals surface area contributed by atoms with Gasteiger partial charge in [-0.05, 0) is 38.3 Å². The molecule has 0 radical (unpaired) electrons. The van der Waals surface area contributed by atoms with E-state index in [9.17, 15) is 13.2 Å². The molecule has 1 aliphatic carbocycles. The van der Waals surface area contributed by atoms with E-state index < -0.39 is 11.7 Å². The minimum absolute atomic E-state index is 0.0484. The molecule has 2 aliphatic rings. The molecule has 5 rings (SSSR count). The molecule has 8 nitrogen and oxygen atoms in total. The third kappa shape index (κ3) is 4.34. The minimum atomic E-state index is -4.59. The number of pyridine rings is 1. The van der Waals surface area contributed by atoms with Gasteiger partial charge >= 0.3 is 6.18 Å². The summed E-state index contributed by atoms with van der Waals surface area (Å²) in [4.78, 5) is 18.0. The molecule has 0 amide bonds. The summed E-state index contributed by atoms with van der Waals surface area (Å²) in [6.45, 7) is 3.97. The number of anilines is 2. The first-order valence-electron chi connectivity index (χ1n) is 11.1. The van der Waals surface area contributed by atoms with Gasteiger partial charge in [0.25, 0.3) is 0 Å². The Morgan fingerprint density at radius 2 is 2.09 bits per heavy atom. The molecular weight excluding hydrogens is 435 g/mol. The first kappa shape index (κ1) is 21.9. The Morgan fingerprint density at radius 3 is 2.82 bits per heavy atom. The molecular formula is C22H26F3N7O. The van der Waals surface area contributed by atoms with Crippen molar-refractivity contribution in [2.75, 3.05) is 30.0 Å². The lowest BCUT2D eigenvalue weighted by molar-refractivity contribution is -0.137. The average molecular weight is 461 g/mol. The minimum Gasteiger partial charge on any atom is -0.377 e. The zero-order chi connectivity index (χ0) is 23.2. The summed E-state index contributed by atoms with van der Waals surface area (Å²) in [7, 11) is 0. The highest BCUT2D eigenvalue weighted by molar-refractivity contribution is 5.94. The average Bonchev–Trinajstić information content (AvgIpc) is 3.38. The summed E-state index contributed by atoms with van der Waals surface area (Å²) in [5.74, 6) is 0.920. The highest BCUT2D eigenvalue weighted by Gasteiger charge is 2.36. The molecule has 3 aromatic rings. The molecule has 0 aromatic carbocycles. The second kappa shape index (κ2) is 8.45. The second-order valence-corrected chi connectivity index (χ2v) is 8.75. The van der Waals surface area contributed by atoms with Crippen LogP contribution in [0.4, 0.5) is 24.9 Å². The van der Waals surface area contributed by atoms with Crippen LogP contribution < -0.4 is 16.0 Å². The number of hydrogen-bond acceptors (Lipinski definition) is 7. The van der Waals surface area contributed by atoms with Gasteiger partial charge in [0.15, 0.2) is 0 Å². The Labute approximate surface area is 188 Å². The molecule has 0 spiro atoms. The van der Waals surface area contributed by atoms with Crippen LogP contribution in [-0.4, -0.2) is 57.8 Å². The van der Waals surface area contributed by atoms with Crippen molar-refractivity contribution >= 4 is 22.8 Å². The monoisotopic (exact) mass is 461 g/mol. The van der Waals surface area contributed by atoms with Crippen LogP contribution >= 0.6 is 0 Å². The van der Waals surface area contributed by atoms with E-state index >= 15 is 0 Å². The van der Waals surface area contributed by atoms with Crippen molar-refractivity contribution in [3.8, 4) is 11.3 Å². The molecule has 2 fully saturated rings. The molecule has 33 heavy (non-hydrogen) atoms. The number of ether oxygens (including phenoxy) is 1. The van der Waals surface area contributed by atoms with E-state index in [4.69, 9.17) is 10.5 Å². The number of hydrogen-bond donors (Lipinski definition) is 3. The van der Waals surface area contributed by atoms with Crippen molar-refractivity contribution in [2.24, 2.45) is 5.73 Å². The van der Waals surface area contributed by atoms with Gasteiger partial charge in [0.05, 0.1) is 24.9 Å². The number of nitrogens with one attached hydrogen (secondary N) is 2. The third-order valence-electron chi connectivity index (χ3n) is 6.34. The number of nitrogens with zero attached hydrogens (tertiary/aromatic N) is 4. The lowest BCUT2D eigenvalue weighted by Crippen LogP contribution is -2.44. The molecule has 1 aliphatic heterocycles. The van der Waals surface area contributed by atoms with Gasteiger partial charge in [-0.3, -0.25) is 0 Å². The van der Waals surface area contributed by atoms with Crippen molar-refractivity contribution in [3.63, 3.8) is 0 Å². The Kier molecular flexibility index (Phi) is 5.61. The highest BCUT2D eigenvalue weighted by Crippen LogP contribution is 2.39. The lowest BCUT2D eigenvalue weighted by atomic mass is 10.1. The molecule has 4 N–H and O–H groups in total. The summed E-state index contributed by atoms with van der Waals surface area (Å²) in [6.07, 6.45) is 0.208. The molecule has 3 atom stereocenters. The van der Waals surface area contributed by atoms with E-state index in [0.717, 1.165) is 31.3 Å². The third-order valence-corrected chi connectivity index (χ3v) is 6.34. The Morgan fingerprint density at radius 1 is 1.24 bits per heavy atom. The molecule has 3 aromatic heterocycles. The predicted molar refractivity (Wildman–Crippen MR) is 119 cm³/mol. The van der Waals surface area contributed by atoms with Crippen molar-refractivity contribution in [1.29, 1.82) is 0 Å². The summed E-state index contributed by atoms with van der Waals surface area (Å²) in [5.41, 5.74) is 5.73. The predicted octanol–water partition coefficient (Wildman–Crippen LogP) is 3.56. The van der Waals surface area contributed by atoms with Crippen LogP contribution in [0.15, 0.2) is 24.5 Å². The first-order chi connectivity index (χ1) is 15.8. The summed E-state index contributed by atoms with van der Waals surface area (Å²) in [6, 6.07) is 3.91. The van der Waals surface area contributed by atoms with Gasteiger partial charge in [-0.15, -0.1) is 0 Å². The van der Waals surface area contributed by atoms with Gasteiger partial charge in [0, 0.05) is 42.0 Å². The number of morpholine rings is 1. The van der Waals surface area contributed by atoms with E-state index in [2.05, 4.69) is 30.2 Å². The SMILES string of the molecule is C[C@H]1COCCN1c1ccc2c(-c3nc(N[C@H]4CC[C@@H](N)C4)ncc3C(F)(F)F)c[nH]c2n1. The molecule has 0 bridgehead atoms. The summed E-state index contributed by atoms with van der Waals surface area (Å²) < 4.78 is 46.9. The fourth-order valence-electron chi connectivity index (χ4n) is 4.61. The zero-order valence-corrected chi connectivity index (χ0v) is 18.2. The van der Waals surface area contributed by atoms with E-state index in [-0.39, 0.29) is 29.8 Å². The number of alkyl halides is 3. The van der Waals surface area contributed by atoms with Crippen LogP contribution in [0.25, 0.3) is 22.3 Å². The van der Waals surface area contributed by atoms with Gasteiger partial charge < -0.3 is 25.7 Å².